The van der Waals surface area contributed by atoms with Gasteiger partial charge in [-0.2, -0.15) is 0 Å². The number of ether oxygens (including phenoxy) is 2. The molecule has 0 radical (unpaired) electrons. The molecule has 0 aliphatic carbocycles. The minimum absolute atomic E-state index is 0.395. The van der Waals surface area contributed by atoms with E-state index in [-0.39, 0.29) is 0 Å². The van der Waals surface area contributed by atoms with Crippen LogP contribution >= 0.6 is 11.8 Å². The summed E-state index contributed by atoms with van der Waals surface area (Å²) in [6.07, 6.45) is 0. The second-order valence-corrected chi connectivity index (χ2v) is 8.47. The zero-order valence-corrected chi connectivity index (χ0v) is 17.3. The molecule has 2 nitrogen and oxygen atoms in total. The van der Waals surface area contributed by atoms with Crippen molar-refractivity contribution in [3.05, 3.63) is 126 Å². The Hall–Kier alpha value is -3.17. The van der Waals surface area contributed by atoms with Gasteiger partial charge in [-0.15, -0.1) is 11.8 Å². The van der Waals surface area contributed by atoms with Crippen LogP contribution in [0.15, 0.2) is 114 Å². The van der Waals surface area contributed by atoms with Crippen LogP contribution in [-0.4, -0.2) is 13.2 Å². The first-order chi connectivity index (χ1) is 14.9. The topological polar surface area (TPSA) is 18.5 Å². The van der Waals surface area contributed by atoms with Crippen LogP contribution in [0.25, 0.3) is 0 Å². The van der Waals surface area contributed by atoms with Crippen LogP contribution in [-0.2, 0) is 4.75 Å². The molecule has 1 heterocycles. The van der Waals surface area contributed by atoms with Gasteiger partial charge < -0.3 is 9.47 Å². The van der Waals surface area contributed by atoms with E-state index < -0.39 is 4.75 Å². The van der Waals surface area contributed by atoms with Crippen molar-refractivity contribution in [3.8, 4) is 11.5 Å². The summed E-state index contributed by atoms with van der Waals surface area (Å²) in [7, 11) is 0. The summed E-state index contributed by atoms with van der Waals surface area (Å²) in [5, 5.41) is 0. The highest BCUT2D eigenvalue weighted by Crippen LogP contribution is 2.52. The summed E-state index contributed by atoms with van der Waals surface area (Å²) in [6, 6.07) is 38.4. The third-order valence-corrected chi connectivity index (χ3v) is 6.83. The summed E-state index contributed by atoms with van der Waals surface area (Å²) < 4.78 is 11.2. The molecule has 0 spiro atoms. The average Bonchev–Trinajstić information content (AvgIpc) is 2.84. The zero-order chi connectivity index (χ0) is 20.2. The van der Waals surface area contributed by atoms with Gasteiger partial charge in [-0.3, -0.25) is 0 Å². The normalized spacial score (nSPS) is 13.1. The van der Waals surface area contributed by atoms with Crippen molar-refractivity contribution < 1.29 is 9.47 Å². The number of fused-ring (bicyclic) bond motifs is 1. The second-order valence-electron chi connectivity index (χ2n) is 7.19. The van der Waals surface area contributed by atoms with Crippen LogP contribution < -0.4 is 9.47 Å². The smallest absolute Gasteiger partial charge is 0.162 e. The van der Waals surface area contributed by atoms with Gasteiger partial charge in [-0.05, 0) is 34.9 Å². The van der Waals surface area contributed by atoms with E-state index >= 15 is 0 Å². The van der Waals surface area contributed by atoms with Crippen LogP contribution in [0.2, 0.25) is 0 Å². The van der Waals surface area contributed by atoms with Gasteiger partial charge in [-0.1, -0.05) is 91.0 Å². The Morgan fingerprint density at radius 1 is 0.533 bits per heavy atom. The Morgan fingerprint density at radius 2 is 1.00 bits per heavy atom. The Kier molecular flexibility index (Phi) is 5.20. The highest BCUT2D eigenvalue weighted by molar-refractivity contribution is 8.00. The van der Waals surface area contributed by atoms with E-state index in [9.17, 15) is 0 Å². The lowest BCUT2D eigenvalue weighted by molar-refractivity contribution is 0.171. The van der Waals surface area contributed by atoms with E-state index in [2.05, 4.69) is 103 Å². The molecule has 3 heteroatoms. The summed E-state index contributed by atoms with van der Waals surface area (Å²) in [5.41, 5.74) is 3.71. The lowest BCUT2D eigenvalue weighted by Crippen LogP contribution is -2.25. The number of hydrogen-bond acceptors (Lipinski definition) is 3. The van der Waals surface area contributed by atoms with Gasteiger partial charge in [0.1, 0.15) is 13.2 Å². The van der Waals surface area contributed by atoms with Crippen molar-refractivity contribution in [3.63, 3.8) is 0 Å². The van der Waals surface area contributed by atoms with Gasteiger partial charge in [0.25, 0.3) is 0 Å². The largest absolute Gasteiger partial charge is 0.486 e. The summed E-state index contributed by atoms with van der Waals surface area (Å²) in [5.74, 6) is 1.63. The molecule has 0 atom stereocenters. The number of thioether (sulfide) groups is 1. The molecule has 1 aliphatic heterocycles. The fourth-order valence-electron chi connectivity index (χ4n) is 3.96. The van der Waals surface area contributed by atoms with Crippen molar-refractivity contribution >= 4 is 11.8 Å². The molecule has 4 aromatic rings. The highest BCUT2D eigenvalue weighted by atomic mass is 32.2. The Morgan fingerprint density at radius 3 is 1.50 bits per heavy atom. The summed E-state index contributed by atoms with van der Waals surface area (Å²) in [4.78, 5) is 1.14. The molecule has 0 unspecified atom stereocenters. The lowest BCUT2D eigenvalue weighted by atomic mass is 9.84. The van der Waals surface area contributed by atoms with Crippen molar-refractivity contribution in [2.75, 3.05) is 13.2 Å². The molecule has 0 saturated heterocycles. The molecule has 0 aromatic heterocycles. The fraction of sp³-hybridized carbons (Fsp3) is 0.111. The van der Waals surface area contributed by atoms with Gasteiger partial charge >= 0.3 is 0 Å². The van der Waals surface area contributed by atoms with Gasteiger partial charge in [0.05, 0.1) is 4.75 Å². The zero-order valence-electron chi connectivity index (χ0n) is 16.5. The maximum absolute atomic E-state index is 5.86. The molecule has 30 heavy (non-hydrogen) atoms. The van der Waals surface area contributed by atoms with E-state index in [1.807, 2.05) is 17.8 Å². The molecule has 1 aliphatic rings. The minimum atomic E-state index is -0.395. The summed E-state index contributed by atoms with van der Waals surface area (Å²) >= 11 is 1.83. The molecule has 0 saturated carbocycles. The molecule has 0 bridgehead atoms. The molecular formula is C27H22O2S. The van der Waals surface area contributed by atoms with Crippen LogP contribution in [0.1, 0.15) is 16.7 Å². The maximum Gasteiger partial charge on any atom is 0.162 e. The molecule has 5 rings (SSSR count). The van der Waals surface area contributed by atoms with E-state index in [1.54, 1.807) is 0 Å². The first kappa shape index (κ1) is 18.8. The number of benzene rings is 4. The molecule has 148 valence electrons. The molecular weight excluding hydrogens is 388 g/mol. The Balaban J connectivity index is 1.72. The maximum atomic E-state index is 5.86. The van der Waals surface area contributed by atoms with Gasteiger partial charge in [0.15, 0.2) is 11.5 Å². The van der Waals surface area contributed by atoms with Gasteiger partial charge in [0, 0.05) is 4.90 Å². The number of hydrogen-bond donors (Lipinski definition) is 0. The van der Waals surface area contributed by atoms with E-state index in [0.29, 0.717) is 13.2 Å². The standard InChI is InChI=1S/C27H22O2S/c1-4-10-21(11-5-1)27(22-12-6-2-7-13-22,23-14-8-3-9-15-23)30-24-16-17-25-26(20-24)29-19-18-28-25/h1-17,20H,18-19H2. The molecule has 4 aromatic carbocycles. The first-order valence-electron chi connectivity index (χ1n) is 10.1. The van der Waals surface area contributed by atoms with E-state index in [4.69, 9.17) is 9.47 Å². The number of rotatable bonds is 5. The van der Waals surface area contributed by atoms with E-state index in [1.165, 1.54) is 16.7 Å². The van der Waals surface area contributed by atoms with Crippen LogP contribution in [0.3, 0.4) is 0 Å². The Labute approximate surface area is 181 Å². The summed E-state index contributed by atoms with van der Waals surface area (Å²) in [6.45, 7) is 1.18. The fourth-order valence-corrected chi connectivity index (χ4v) is 5.38. The third kappa shape index (κ3) is 3.46. The predicted octanol–water partition coefficient (Wildman–Crippen LogP) is 6.54. The van der Waals surface area contributed by atoms with Crippen molar-refractivity contribution in [1.29, 1.82) is 0 Å². The Bertz CT molecular complexity index is 1010. The van der Waals surface area contributed by atoms with Crippen LogP contribution in [0, 0.1) is 0 Å². The van der Waals surface area contributed by atoms with Crippen LogP contribution in [0.4, 0.5) is 0 Å². The van der Waals surface area contributed by atoms with Crippen LogP contribution in [0.5, 0.6) is 11.5 Å². The predicted molar refractivity (Wildman–Crippen MR) is 122 cm³/mol. The minimum Gasteiger partial charge on any atom is -0.486 e. The van der Waals surface area contributed by atoms with Crippen molar-refractivity contribution in [1.82, 2.24) is 0 Å². The monoisotopic (exact) mass is 410 g/mol. The van der Waals surface area contributed by atoms with Crippen molar-refractivity contribution in [2.45, 2.75) is 9.64 Å². The average molecular weight is 411 g/mol. The molecule has 0 fully saturated rings. The SMILES string of the molecule is c1ccc(C(Sc2ccc3c(c2)OCCO3)(c2ccccc2)c2ccccc2)cc1. The molecule has 0 N–H and O–H groups in total. The lowest BCUT2D eigenvalue weighted by Gasteiger charge is -2.35. The molecule has 0 amide bonds. The second kappa shape index (κ2) is 8.29. The van der Waals surface area contributed by atoms with E-state index in [0.717, 1.165) is 16.4 Å². The van der Waals surface area contributed by atoms with Gasteiger partial charge in [0.2, 0.25) is 0 Å². The first-order valence-corrected chi connectivity index (χ1v) is 10.9. The van der Waals surface area contributed by atoms with Gasteiger partial charge in [-0.25, -0.2) is 0 Å². The highest BCUT2D eigenvalue weighted by Gasteiger charge is 2.37. The quantitative estimate of drug-likeness (QED) is 0.275. The third-order valence-electron chi connectivity index (χ3n) is 5.33. The van der Waals surface area contributed by atoms with Crippen molar-refractivity contribution in [2.24, 2.45) is 0 Å².